The maximum Gasteiger partial charge on any atom is 0.137 e. The first-order chi connectivity index (χ1) is 14.6. The molecule has 2 fully saturated rings. The third-order valence-corrected chi connectivity index (χ3v) is 10.0. The van der Waals surface area contributed by atoms with E-state index in [0.29, 0.717) is 5.41 Å². The molecular formula is C28H48N2O+2. The summed E-state index contributed by atoms with van der Waals surface area (Å²) in [4.78, 5) is 0. The Bertz CT molecular complexity index is 778. The molecule has 0 N–H and O–H groups in total. The molecular weight excluding hydrogens is 380 g/mol. The lowest BCUT2D eigenvalue weighted by atomic mass is 9.55. The quantitative estimate of drug-likeness (QED) is 0.522. The lowest BCUT2D eigenvalue weighted by molar-refractivity contribution is -0.906. The molecule has 4 rings (SSSR count). The fourth-order valence-corrected chi connectivity index (χ4v) is 7.82. The van der Waals surface area contributed by atoms with Crippen LogP contribution >= 0.6 is 0 Å². The van der Waals surface area contributed by atoms with Crippen LogP contribution in [0.2, 0.25) is 0 Å². The number of quaternary nitrogens is 2. The molecule has 1 aromatic rings. The van der Waals surface area contributed by atoms with Crippen molar-refractivity contribution in [3.63, 3.8) is 0 Å². The van der Waals surface area contributed by atoms with Gasteiger partial charge in [-0.25, -0.2) is 0 Å². The summed E-state index contributed by atoms with van der Waals surface area (Å²) >= 11 is 0. The van der Waals surface area contributed by atoms with E-state index in [1.165, 1.54) is 51.6 Å². The summed E-state index contributed by atoms with van der Waals surface area (Å²) in [5.74, 6) is 3.67. The van der Waals surface area contributed by atoms with Crippen molar-refractivity contribution in [1.82, 2.24) is 0 Å². The van der Waals surface area contributed by atoms with E-state index < -0.39 is 0 Å². The van der Waals surface area contributed by atoms with E-state index in [1.807, 2.05) is 0 Å². The van der Waals surface area contributed by atoms with Crippen LogP contribution in [0.15, 0.2) is 18.2 Å². The third kappa shape index (κ3) is 4.17. The van der Waals surface area contributed by atoms with Crippen LogP contribution < -0.4 is 4.74 Å². The molecule has 3 heteroatoms. The van der Waals surface area contributed by atoms with Crippen molar-refractivity contribution in [2.45, 2.75) is 71.3 Å². The number of nitrogens with zero attached hydrogens (tertiary/aromatic N) is 2. The average Bonchev–Trinajstić information content (AvgIpc) is 3.11. The number of fused-ring (bicyclic) bond motifs is 5. The molecule has 31 heavy (non-hydrogen) atoms. The molecule has 0 spiro atoms. The zero-order valence-corrected chi connectivity index (χ0v) is 21.4. The first kappa shape index (κ1) is 23.1. The molecule has 5 atom stereocenters. The van der Waals surface area contributed by atoms with E-state index >= 15 is 0 Å². The lowest BCUT2D eigenvalue weighted by Gasteiger charge is -2.52. The maximum absolute atomic E-state index is 6.23. The van der Waals surface area contributed by atoms with E-state index in [2.05, 4.69) is 67.2 Å². The number of hydrogen-bond donors (Lipinski definition) is 0. The number of ether oxygens (including phenoxy) is 1. The molecule has 0 radical (unpaired) electrons. The van der Waals surface area contributed by atoms with Crippen molar-refractivity contribution in [2.75, 3.05) is 54.4 Å². The van der Waals surface area contributed by atoms with Crippen molar-refractivity contribution in [2.24, 2.45) is 17.3 Å². The lowest BCUT2D eigenvalue weighted by Crippen LogP contribution is -2.55. The second kappa shape index (κ2) is 8.37. The van der Waals surface area contributed by atoms with Crippen LogP contribution in [0.1, 0.15) is 69.9 Å². The van der Waals surface area contributed by atoms with E-state index in [9.17, 15) is 0 Å². The van der Waals surface area contributed by atoms with Crippen LogP contribution in [0, 0.1) is 17.3 Å². The molecule has 3 aliphatic rings. The highest BCUT2D eigenvalue weighted by molar-refractivity contribution is 5.40. The predicted octanol–water partition coefficient (Wildman–Crippen LogP) is 5.48. The Labute approximate surface area is 191 Å². The first-order valence-corrected chi connectivity index (χ1v) is 13.0. The van der Waals surface area contributed by atoms with Crippen molar-refractivity contribution >= 4 is 0 Å². The number of benzene rings is 1. The van der Waals surface area contributed by atoms with E-state index in [-0.39, 0.29) is 0 Å². The number of likely N-dealkylation sites (N-methyl/N-ethyl adjacent to an activating group) is 1. The molecule has 3 nitrogen and oxygen atoms in total. The van der Waals surface area contributed by atoms with E-state index in [0.717, 1.165) is 51.7 Å². The van der Waals surface area contributed by atoms with Gasteiger partial charge in [0, 0.05) is 11.8 Å². The van der Waals surface area contributed by atoms with Gasteiger partial charge in [0.15, 0.2) is 0 Å². The molecule has 0 saturated heterocycles. The number of aryl methyl sites for hydroxylation is 1. The van der Waals surface area contributed by atoms with Gasteiger partial charge in [-0.1, -0.05) is 13.0 Å². The van der Waals surface area contributed by atoms with Gasteiger partial charge < -0.3 is 13.7 Å². The van der Waals surface area contributed by atoms with Gasteiger partial charge in [0.2, 0.25) is 0 Å². The molecule has 0 amide bonds. The highest BCUT2D eigenvalue weighted by atomic mass is 16.5. The highest BCUT2D eigenvalue weighted by Crippen LogP contribution is 2.62. The summed E-state index contributed by atoms with van der Waals surface area (Å²) in [6.45, 7) is 11.4. The van der Waals surface area contributed by atoms with Crippen LogP contribution in [0.25, 0.3) is 0 Å². The Morgan fingerprint density at radius 3 is 2.42 bits per heavy atom. The minimum Gasteiger partial charge on any atom is -0.488 e. The Balaban J connectivity index is 1.46. The number of hydrogen-bond acceptors (Lipinski definition) is 1. The van der Waals surface area contributed by atoms with Crippen molar-refractivity contribution in [3.05, 3.63) is 29.3 Å². The van der Waals surface area contributed by atoms with Gasteiger partial charge in [-0.15, -0.1) is 0 Å². The van der Waals surface area contributed by atoms with Gasteiger partial charge >= 0.3 is 0 Å². The highest BCUT2D eigenvalue weighted by Gasteiger charge is 2.58. The molecule has 0 aliphatic heterocycles. The van der Waals surface area contributed by atoms with Gasteiger partial charge in [-0.05, 0) is 87.0 Å². The first-order valence-electron chi connectivity index (χ1n) is 13.0. The van der Waals surface area contributed by atoms with E-state index in [4.69, 9.17) is 4.74 Å². The molecule has 2 saturated carbocycles. The molecule has 3 aliphatic carbocycles. The zero-order chi connectivity index (χ0) is 22.4. The Morgan fingerprint density at radius 1 is 1.00 bits per heavy atom. The Hall–Kier alpha value is -1.06. The summed E-state index contributed by atoms with van der Waals surface area (Å²) < 4.78 is 8.45. The number of rotatable bonds is 7. The second-order valence-corrected chi connectivity index (χ2v) is 12.4. The van der Waals surface area contributed by atoms with Crippen molar-refractivity contribution in [3.8, 4) is 5.75 Å². The van der Waals surface area contributed by atoms with Gasteiger partial charge in [-0.3, -0.25) is 0 Å². The van der Waals surface area contributed by atoms with Gasteiger partial charge in [-0.2, -0.15) is 0 Å². The van der Waals surface area contributed by atoms with Gasteiger partial charge in [0.05, 0.1) is 47.3 Å². The van der Waals surface area contributed by atoms with Crippen LogP contribution in [0.5, 0.6) is 5.75 Å². The normalized spacial score (nSPS) is 32.9. The Morgan fingerprint density at radius 2 is 1.74 bits per heavy atom. The molecule has 0 unspecified atom stereocenters. The van der Waals surface area contributed by atoms with Crippen LogP contribution in [-0.4, -0.2) is 69.4 Å². The third-order valence-electron chi connectivity index (χ3n) is 10.0. The molecule has 0 heterocycles. The maximum atomic E-state index is 6.23. The largest absolute Gasteiger partial charge is 0.488 e. The smallest absolute Gasteiger partial charge is 0.137 e. The van der Waals surface area contributed by atoms with Crippen molar-refractivity contribution in [1.29, 1.82) is 0 Å². The topological polar surface area (TPSA) is 9.23 Å². The fourth-order valence-electron chi connectivity index (χ4n) is 7.82. The van der Waals surface area contributed by atoms with Gasteiger partial charge in [0.1, 0.15) is 18.9 Å². The predicted molar refractivity (Wildman–Crippen MR) is 131 cm³/mol. The minimum atomic E-state index is 0.531. The van der Waals surface area contributed by atoms with E-state index in [1.54, 1.807) is 11.1 Å². The van der Waals surface area contributed by atoms with Crippen LogP contribution in [0.3, 0.4) is 0 Å². The monoisotopic (exact) mass is 428 g/mol. The van der Waals surface area contributed by atoms with Gasteiger partial charge in [0.25, 0.3) is 0 Å². The minimum absolute atomic E-state index is 0.531. The zero-order valence-electron chi connectivity index (χ0n) is 21.4. The Kier molecular flexibility index (Phi) is 6.24. The molecule has 0 bridgehead atoms. The second-order valence-electron chi connectivity index (χ2n) is 12.4. The average molecular weight is 429 g/mol. The standard InChI is InChI=1S/C28H48N2O/c1-8-30(7,9-2)18-19-31-22-11-13-23-21(20-22)10-12-25-24(23)16-17-28(3)26(25)14-15-27(28)29(4,5)6/h11,13,20,24-27H,8-10,12,14-19H2,1-7H3/q+2/t24-,25-,26+,27+,28+/m1/s1. The summed E-state index contributed by atoms with van der Waals surface area (Å²) in [6, 6.07) is 7.90. The van der Waals surface area contributed by atoms with Crippen LogP contribution in [-0.2, 0) is 6.42 Å². The summed E-state index contributed by atoms with van der Waals surface area (Å²) in [5, 5.41) is 0. The molecule has 174 valence electrons. The summed E-state index contributed by atoms with van der Waals surface area (Å²) in [6.07, 6.45) is 8.27. The summed E-state index contributed by atoms with van der Waals surface area (Å²) in [5.41, 5.74) is 3.76. The van der Waals surface area contributed by atoms with Crippen LogP contribution in [0.4, 0.5) is 0 Å². The summed E-state index contributed by atoms with van der Waals surface area (Å²) in [7, 11) is 9.60. The van der Waals surface area contributed by atoms with Crippen molar-refractivity contribution < 1.29 is 13.7 Å². The molecule has 1 aromatic carbocycles. The molecule has 0 aromatic heterocycles. The fraction of sp³-hybridized carbons (Fsp3) is 0.786. The SMILES string of the molecule is CC[N+](C)(CC)CCOc1ccc2c(c1)CC[C@@H]1[C@@H]2CC[C@@]2(C)[C@H]1CC[C@@H]2[N+](C)(C)C.